The van der Waals surface area contributed by atoms with Crippen LogP contribution in [0.3, 0.4) is 0 Å². The number of aryl methyl sites for hydroxylation is 3. The molecule has 143 heavy (non-hydrogen) atoms. The Kier molecular flexibility index (Phi) is 22.5. The van der Waals surface area contributed by atoms with Gasteiger partial charge in [0.25, 0.3) is 16.7 Å². The lowest BCUT2D eigenvalue weighted by atomic mass is 9.69. The maximum absolute atomic E-state index is 15.8. The summed E-state index contributed by atoms with van der Waals surface area (Å²) in [4.78, 5) is 94.9. The van der Waals surface area contributed by atoms with Crippen molar-refractivity contribution in [1.29, 1.82) is 5.26 Å². The number of benzene rings is 9. The number of nitriles is 1. The Hall–Kier alpha value is -16.8. The number of nitrogens with zero attached hydrogens (tertiary/aromatic N) is 8. The molecule has 33 heteroatoms. The molecule has 716 valence electrons. The van der Waals surface area contributed by atoms with Gasteiger partial charge in [-0.3, -0.25) is 19.4 Å². The fourth-order valence-corrected chi connectivity index (χ4v) is 22.6. The Bertz CT molecular complexity index is 8130. The van der Waals surface area contributed by atoms with Crippen molar-refractivity contribution in [1.82, 2.24) is 50.2 Å². The number of aliphatic hydroxyl groups is 4. The molecule has 5 aliphatic heterocycles. The van der Waals surface area contributed by atoms with Gasteiger partial charge < -0.3 is 60.4 Å². The number of anilines is 1. The normalized spacial score (nSPS) is 24.5. The number of H-pyrrole nitrogens is 3. The number of aromatic nitrogens is 9. The number of rotatable bonds is 10. The predicted octanol–water partition coefficient (Wildman–Crippen LogP) is 16.6. The molecule has 0 amide bonds. The molecular formula is C110H84F7N13O13. The van der Waals surface area contributed by atoms with E-state index in [2.05, 4.69) is 52.9 Å². The number of aromatic amines is 3. The summed E-state index contributed by atoms with van der Waals surface area (Å²) in [6.45, 7) is 13.0. The van der Waals surface area contributed by atoms with Gasteiger partial charge in [0, 0.05) is 99.1 Å². The zero-order valence-corrected chi connectivity index (χ0v) is 75.7. The van der Waals surface area contributed by atoms with Gasteiger partial charge in [-0.05, 0) is 80.1 Å². The number of halogens is 7. The molecule has 0 saturated heterocycles. The van der Waals surface area contributed by atoms with Crippen LogP contribution in [0.5, 0.6) is 23.1 Å². The van der Waals surface area contributed by atoms with Crippen molar-refractivity contribution in [3.8, 4) is 40.6 Å². The van der Waals surface area contributed by atoms with E-state index in [0.717, 1.165) is 41.7 Å². The van der Waals surface area contributed by atoms with E-state index in [1.54, 1.807) is 81.4 Å². The van der Waals surface area contributed by atoms with E-state index in [-0.39, 0.29) is 116 Å². The summed E-state index contributed by atoms with van der Waals surface area (Å²) in [5.41, 5.74) is -3.15. The summed E-state index contributed by atoms with van der Waals surface area (Å²) in [7, 11) is 0. The molecule has 15 aromatic rings. The van der Waals surface area contributed by atoms with E-state index >= 15 is 13.2 Å². The zero-order chi connectivity index (χ0) is 99.6. The van der Waals surface area contributed by atoms with Crippen LogP contribution >= 0.6 is 0 Å². The first-order chi connectivity index (χ1) is 68.2. The van der Waals surface area contributed by atoms with Crippen LogP contribution < -0.4 is 46.7 Å². The molecule has 6 aromatic heterocycles. The number of aliphatic imine (C=N–C) groups is 1. The topological polar surface area (TPSA) is 402 Å². The van der Waals surface area contributed by atoms with Crippen LogP contribution in [0.1, 0.15) is 193 Å². The molecule has 10 aliphatic rings. The monoisotopic (exact) mass is 1930 g/mol. The summed E-state index contributed by atoms with van der Waals surface area (Å²) in [5, 5.41) is 63.0. The number of nitrogens with two attached hydrogens (primary N) is 1. The minimum Gasteiger partial charge on any atom is -0.477 e. The van der Waals surface area contributed by atoms with Crippen molar-refractivity contribution >= 4 is 17.9 Å². The van der Waals surface area contributed by atoms with E-state index < -0.39 is 126 Å². The lowest BCUT2D eigenvalue weighted by molar-refractivity contribution is -0.191. The number of hydrogen-bond donors (Lipinski definition) is 9. The second kappa shape index (κ2) is 34.3. The van der Waals surface area contributed by atoms with E-state index in [1.165, 1.54) is 24.3 Å². The van der Waals surface area contributed by atoms with Crippen LogP contribution in [0.25, 0.3) is 11.4 Å². The van der Waals surface area contributed by atoms with E-state index in [4.69, 9.17) is 49.2 Å². The van der Waals surface area contributed by atoms with Gasteiger partial charge in [0.2, 0.25) is 29.7 Å². The third-order valence-electron chi connectivity index (χ3n) is 28.4. The molecule has 10 N–H and O–H groups in total. The highest BCUT2D eigenvalue weighted by atomic mass is 19.2. The molecule has 1 fully saturated rings. The number of fused-ring (bicyclic) bond motifs is 19. The molecule has 26 nitrogen and oxygen atoms in total. The van der Waals surface area contributed by atoms with Crippen molar-refractivity contribution in [2.24, 2.45) is 4.99 Å². The molecule has 0 radical (unpaired) electrons. The Morgan fingerprint density at radius 1 is 0.476 bits per heavy atom. The van der Waals surface area contributed by atoms with Gasteiger partial charge in [-0.25, -0.2) is 47.5 Å². The van der Waals surface area contributed by atoms with E-state index in [0.29, 0.717) is 85.7 Å². The van der Waals surface area contributed by atoms with Gasteiger partial charge in [-0.2, -0.15) is 33.0 Å². The first kappa shape index (κ1) is 93.9. The fraction of sp³-hybridized carbons (Fsp3) is 0.200. The third-order valence-corrected chi connectivity index (χ3v) is 28.4. The Labute approximate surface area is 809 Å². The molecule has 5 aliphatic carbocycles. The number of hydrogen-bond acceptors (Lipinski definition) is 23. The number of carbonyl (C=O) groups excluding carboxylic acids is 2. The van der Waals surface area contributed by atoms with Crippen molar-refractivity contribution in [3.05, 3.63) is 474 Å². The number of ether oxygens (including phenoxy) is 4. The molecule has 0 bridgehead atoms. The Balaban J connectivity index is 0.000000116. The van der Waals surface area contributed by atoms with Crippen LogP contribution in [0, 0.1) is 73.2 Å². The smallest absolute Gasteiger partial charge is 0.373 e. The fourth-order valence-electron chi connectivity index (χ4n) is 22.6. The number of nitrogens with one attached hydrogen (secondary N) is 4. The molecule has 0 spiro atoms. The highest BCUT2D eigenvalue weighted by Gasteiger charge is 2.79. The highest BCUT2D eigenvalue weighted by Crippen LogP contribution is 2.74. The summed E-state index contributed by atoms with van der Waals surface area (Å²) in [5.74, 6) is -8.32. The summed E-state index contributed by atoms with van der Waals surface area (Å²) in [6, 6.07) is 72.9. The maximum atomic E-state index is 15.8. The molecule has 12 atom stereocenters. The molecule has 1 saturated carbocycles. The quantitative estimate of drug-likeness (QED) is 0.0453. The Morgan fingerprint density at radius 2 is 0.916 bits per heavy atom. The van der Waals surface area contributed by atoms with Crippen molar-refractivity contribution < 1.29 is 79.7 Å². The molecule has 11 heterocycles. The van der Waals surface area contributed by atoms with Gasteiger partial charge in [0.1, 0.15) is 58.0 Å². The second-order valence-corrected chi connectivity index (χ2v) is 36.2. The largest absolute Gasteiger partial charge is 0.477 e. The van der Waals surface area contributed by atoms with Gasteiger partial charge in [0.15, 0.2) is 44.8 Å². The number of allylic oxidation sites excluding steroid dienone is 1. The SMILES string of the molecule is C.C=C1NC(CC)=NC2=C1[C@@H](c1ccccc1)[C@]1(c3ccc(C#N)cc3)Oc3cc(F)cc(F)c3[C@]21O.Cc1cc2c(c(F)n1)[C@]1(O)c3nc(-c4ccccc4)[nH]c(=O)c3[C@@H](c3ccccc3)[C@]1(c1ccccc1)O2.Cc1cc2c(c(F)n1)[C@]1(O)c3nc(C4CC4)[nH]c(=O)c3[C@@H](c3ccccc3)[C@]1(c1ccc(F)cc1)O2.Cc1ccc([C@@]23Oc4nc(F)cc(F)c4[C@]2(O)c2nc(N)[nH]c(=O)c2[C@H]3C)cc1.O=C=O. The first-order valence-corrected chi connectivity index (χ1v) is 45.2. The maximum Gasteiger partial charge on any atom is 0.373 e. The van der Waals surface area contributed by atoms with Crippen LogP contribution in [-0.4, -0.2) is 77.3 Å². The average molecular weight is 1930 g/mol. The minimum absolute atomic E-state index is 0. The summed E-state index contributed by atoms with van der Waals surface area (Å²) < 4.78 is 130. The first-order valence-electron chi connectivity index (χ1n) is 45.2. The van der Waals surface area contributed by atoms with Crippen LogP contribution in [0.4, 0.5) is 36.7 Å². The van der Waals surface area contributed by atoms with Crippen molar-refractivity contribution in [3.63, 3.8) is 0 Å². The third kappa shape index (κ3) is 13.4. The lowest BCUT2D eigenvalue weighted by Gasteiger charge is -2.41. The predicted molar refractivity (Wildman–Crippen MR) is 505 cm³/mol. The molecule has 0 unspecified atom stereocenters. The molecular weight excluding hydrogens is 1840 g/mol. The van der Waals surface area contributed by atoms with Crippen LogP contribution in [0.15, 0.2) is 298 Å². The number of nitrogen functional groups attached to an aromatic ring is 1. The molecule has 25 rings (SSSR count). The summed E-state index contributed by atoms with van der Waals surface area (Å²) in [6.07, 6.45) is 2.51. The number of pyridine rings is 3. The van der Waals surface area contributed by atoms with Crippen molar-refractivity contribution in [2.45, 2.75) is 136 Å². The Morgan fingerprint density at radius 3 is 1.44 bits per heavy atom. The lowest BCUT2D eigenvalue weighted by Crippen LogP contribution is -2.50. The van der Waals surface area contributed by atoms with Crippen molar-refractivity contribution in [2.75, 3.05) is 5.73 Å². The van der Waals surface area contributed by atoms with Gasteiger partial charge in [-0.15, -0.1) is 0 Å². The average Bonchev–Trinajstić information content (AvgIpc) is 1.51. The van der Waals surface area contributed by atoms with Crippen LogP contribution in [0.2, 0.25) is 0 Å². The summed E-state index contributed by atoms with van der Waals surface area (Å²) >= 11 is 0. The van der Waals surface area contributed by atoms with Gasteiger partial charge >= 0.3 is 6.15 Å². The highest BCUT2D eigenvalue weighted by molar-refractivity contribution is 5.89. The van der Waals surface area contributed by atoms with Gasteiger partial charge in [-0.1, -0.05) is 234 Å². The zero-order valence-electron chi connectivity index (χ0n) is 75.7. The standard InChI is InChI=1S/C31H22FN3O3.C29H21F2N3O2.C28H21F2N3O3.C20H16F2N4O3.CO2.CH4/c1-18-17-22-25(27(32)33-18)30(37)26-23(29(36)35-28(34-26)20-13-7-3-8-14-20)24(19-11-5-2-6-12-19)31(30,38-22)21-15-9-4-10-16-21;1-3-23-33-16(2)24-25(18-7-5-4-6-8-18)29(19-11-9-17(15-32)10-12-19)28(35,27(24)34-23)26-21(31)13-20(30)14-22(26)36-29;1-14-13-19-22(24(30)31-14)27(35)23-20(26(34)33-25(32-23)16-7-8-16)21(15-5-3-2-4-6-15)28(27,36-19)17-9-11-18(29)12-10-17;1-8-3-5-10(6-4-8)20-9(2)13-15(25-18(23)26-16(13)27)19(20,28)14-11(21)7-12(22)24-17(14)29-20;2-1-3;/h2-17,24,37H,1H3,(H,34,35,36);4-14,25,35H,2-3H2,1H3,(H,33,34);2-6,9-13,16,21,35H,7-8H2,1H3,(H,32,33,34);3-7,9,28H,1-2H3,(H3,23,25,26,27);;1H4/t24-,30+,31+;25-,28+,29+;21-,27+,28+;9-,19+,20-;;/m1111../s1. The van der Waals surface area contributed by atoms with Gasteiger partial charge in [0.05, 0.1) is 85.5 Å². The molecule has 9 aromatic carbocycles. The van der Waals surface area contributed by atoms with E-state index in [9.17, 15) is 57.6 Å². The number of amidine groups is 1. The second-order valence-electron chi connectivity index (χ2n) is 36.2. The van der Waals surface area contributed by atoms with E-state index in [1.807, 2.05) is 166 Å². The minimum atomic E-state index is -2.24. The van der Waals surface area contributed by atoms with Crippen LogP contribution in [-0.2, 0) is 54.4 Å².